The van der Waals surface area contributed by atoms with Crippen LogP contribution >= 0.6 is 0 Å². The molecule has 0 aliphatic rings. The molecule has 2 heteroatoms. The van der Waals surface area contributed by atoms with Crippen LogP contribution in [0.3, 0.4) is 0 Å². The van der Waals surface area contributed by atoms with Crippen molar-refractivity contribution in [1.82, 2.24) is 0 Å². The Labute approximate surface area is 56.7 Å². The molecule has 0 rings (SSSR count). The van der Waals surface area contributed by atoms with Gasteiger partial charge in [0.25, 0.3) is 0 Å². The van der Waals surface area contributed by atoms with E-state index in [1.54, 1.807) is 0 Å². The minimum absolute atomic E-state index is 0.712. The van der Waals surface area contributed by atoms with E-state index in [2.05, 4.69) is 6.58 Å². The zero-order chi connectivity index (χ0) is 7.11. The van der Waals surface area contributed by atoms with Crippen molar-refractivity contribution < 1.29 is 4.74 Å². The lowest BCUT2D eigenvalue weighted by molar-refractivity contribution is 0.219. The number of hydrogen-bond donors (Lipinski definition) is 1. The number of rotatable bonds is 5. The lowest BCUT2D eigenvalue weighted by atomic mass is 10.3. The van der Waals surface area contributed by atoms with Gasteiger partial charge in [0, 0.05) is 6.42 Å². The first-order valence-electron chi connectivity index (χ1n) is 3.32. The maximum Gasteiger partial charge on any atom is 0.0888 e. The summed E-state index contributed by atoms with van der Waals surface area (Å²) in [5.74, 6) is 0.850. The number of hydrogen-bond acceptors (Lipinski definition) is 2. The van der Waals surface area contributed by atoms with E-state index in [1.165, 1.54) is 0 Å². The first-order chi connectivity index (χ1) is 4.31. The summed E-state index contributed by atoms with van der Waals surface area (Å²) in [5, 5.41) is 0. The predicted octanol–water partition coefficient (Wildman–Crippen LogP) is 1.28. The van der Waals surface area contributed by atoms with Gasteiger partial charge in [0.15, 0.2) is 0 Å². The zero-order valence-electron chi connectivity index (χ0n) is 6.02. The summed E-state index contributed by atoms with van der Waals surface area (Å²) in [6.45, 7) is 7.08. The molecule has 0 aromatic rings. The van der Waals surface area contributed by atoms with Gasteiger partial charge in [-0.2, -0.15) is 0 Å². The molecule has 0 bridgehead atoms. The molecule has 2 nitrogen and oxygen atoms in total. The van der Waals surface area contributed by atoms with E-state index in [-0.39, 0.29) is 0 Å². The molecule has 0 aromatic heterocycles. The third kappa shape index (κ3) is 5.37. The van der Waals surface area contributed by atoms with Gasteiger partial charge in [-0.25, -0.2) is 0 Å². The molecule has 0 saturated carbocycles. The summed E-state index contributed by atoms with van der Waals surface area (Å²) in [5.41, 5.74) is 5.28. The first kappa shape index (κ1) is 8.50. The molecule has 0 aliphatic heterocycles. The summed E-state index contributed by atoms with van der Waals surface area (Å²) in [7, 11) is 0. The fourth-order valence-corrected chi connectivity index (χ4v) is 0.576. The van der Waals surface area contributed by atoms with Crippen molar-refractivity contribution in [1.29, 1.82) is 0 Å². The minimum Gasteiger partial charge on any atom is -0.499 e. The Morgan fingerprint density at radius 2 is 2.33 bits per heavy atom. The van der Waals surface area contributed by atoms with Gasteiger partial charge in [-0.1, -0.05) is 6.58 Å². The molecule has 0 aromatic carbocycles. The predicted molar refractivity (Wildman–Crippen MR) is 39.1 cm³/mol. The van der Waals surface area contributed by atoms with Crippen LogP contribution in [0.1, 0.15) is 19.8 Å². The van der Waals surface area contributed by atoms with E-state index < -0.39 is 0 Å². The van der Waals surface area contributed by atoms with E-state index in [1.807, 2.05) is 6.92 Å². The second-order valence-electron chi connectivity index (χ2n) is 1.86. The second-order valence-corrected chi connectivity index (χ2v) is 1.86. The highest BCUT2D eigenvalue weighted by Gasteiger charge is 1.90. The average molecular weight is 129 g/mol. The lowest BCUT2D eigenvalue weighted by Gasteiger charge is -2.03. The van der Waals surface area contributed by atoms with Crippen LogP contribution < -0.4 is 5.73 Å². The van der Waals surface area contributed by atoms with Crippen LogP contribution in [-0.4, -0.2) is 13.2 Å². The molecule has 0 heterocycles. The highest BCUT2D eigenvalue weighted by atomic mass is 16.5. The standard InChI is InChI=1S/C7H15NO/c1-3-9-7(2)5-4-6-8/h2-6,8H2,1H3. The Morgan fingerprint density at radius 1 is 1.67 bits per heavy atom. The highest BCUT2D eigenvalue weighted by Crippen LogP contribution is 2.01. The fourth-order valence-electron chi connectivity index (χ4n) is 0.576. The van der Waals surface area contributed by atoms with Crippen molar-refractivity contribution >= 4 is 0 Å². The van der Waals surface area contributed by atoms with Gasteiger partial charge in [0.05, 0.1) is 12.4 Å². The van der Waals surface area contributed by atoms with Crippen molar-refractivity contribution in [2.24, 2.45) is 5.73 Å². The van der Waals surface area contributed by atoms with Crippen molar-refractivity contribution in [3.05, 3.63) is 12.3 Å². The van der Waals surface area contributed by atoms with Crippen LogP contribution in [0.25, 0.3) is 0 Å². The van der Waals surface area contributed by atoms with Gasteiger partial charge < -0.3 is 10.5 Å². The van der Waals surface area contributed by atoms with Crippen LogP contribution in [0, 0.1) is 0 Å². The van der Waals surface area contributed by atoms with Gasteiger partial charge in [0.2, 0.25) is 0 Å². The van der Waals surface area contributed by atoms with Crippen LogP contribution in [-0.2, 0) is 4.74 Å². The van der Waals surface area contributed by atoms with Gasteiger partial charge in [-0.05, 0) is 19.9 Å². The molecule has 2 N–H and O–H groups in total. The largest absolute Gasteiger partial charge is 0.499 e. The van der Waals surface area contributed by atoms with E-state index in [4.69, 9.17) is 10.5 Å². The van der Waals surface area contributed by atoms with E-state index in [0.29, 0.717) is 13.2 Å². The monoisotopic (exact) mass is 129 g/mol. The third-order valence-corrected chi connectivity index (χ3v) is 1.01. The van der Waals surface area contributed by atoms with Crippen molar-refractivity contribution in [2.45, 2.75) is 19.8 Å². The Morgan fingerprint density at radius 3 is 2.78 bits per heavy atom. The molecule has 0 aliphatic carbocycles. The van der Waals surface area contributed by atoms with Crippen molar-refractivity contribution in [3.63, 3.8) is 0 Å². The minimum atomic E-state index is 0.712. The average Bonchev–Trinajstić information content (AvgIpc) is 1.85. The van der Waals surface area contributed by atoms with Crippen molar-refractivity contribution in [3.8, 4) is 0 Å². The third-order valence-electron chi connectivity index (χ3n) is 1.01. The van der Waals surface area contributed by atoms with Crippen LogP contribution in [0.4, 0.5) is 0 Å². The maximum absolute atomic E-state index is 5.28. The Balaban J connectivity index is 3.06. The molecular formula is C7H15NO. The first-order valence-corrected chi connectivity index (χ1v) is 3.32. The lowest BCUT2D eigenvalue weighted by Crippen LogP contribution is -1.99. The maximum atomic E-state index is 5.28. The molecule has 0 radical (unpaired) electrons. The normalized spacial score (nSPS) is 9.11. The van der Waals surface area contributed by atoms with Gasteiger partial charge >= 0.3 is 0 Å². The van der Waals surface area contributed by atoms with Crippen LogP contribution in [0.2, 0.25) is 0 Å². The summed E-state index contributed by atoms with van der Waals surface area (Å²) < 4.78 is 5.09. The second kappa shape index (κ2) is 5.63. The summed E-state index contributed by atoms with van der Waals surface area (Å²) in [6, 6.07) is 0. The SMILES string of the molecule is C=C(CCCN)OCC. The molecule has 0 atom stereocenters. The zero-order valence-corrected chi connectivity index (χ0v) is 6.02. The number of allylic oxidation sites excluding steroid dienone is 1. The molecule has 9 heavy (non-hydrogen) atoms. The van der Waals surface area contributed by atoms with Gasteiger partial charge in [-0.3, -0.25) is 0 Å². The molecule has 0 amide bonds. The molecule has 0 saturated heterocycles. The number of nitrogens with two attached hydrogens (primary N) is 1. The molecule has 0 unspecified atom stereocenters. The van der Waals surface area contributed by atoms with E-state index >= 15 is 0 Å². The van der Waals surface area contributed by atoms with Gasteiger partial charge in [0.1, 0.15) is 0 Å². The van der Waals surface area contributed by atoms with E-state index in [9.17, 15) is 0 Å². The van der Waals surface area contributed by atoms with Gasteiger partial charge in [-0.15, -0.1) is 0 Å². The van der Waals surface area contributed by atoms with Crippen LogP contribution in [0.15, 0.2) is 12.3 Å². The summed E-state index contributed by atoms with van der Waals surface area (Å²) >= 11 is 0. The Kier molecular flexibility index (Phi) is 5.32. The number of ether oxygens (including phenoxy) is 1. The fraction of sp³-hybridized carbons (Fsp3) is 0.714. The smallest absolute Gasteiger partial charge is 0.0888 e. The Hall–Kier alpha value is -0.500. The van der Waals surface area contributed by atoms with Crippen LogP contribution in [0.5, 0.6) is 0 Å². The highest BCUT2D eigenvalue weighted by molar-refractivity contribution is 4.81. The molecular weight excluding hydrogens is 114 g/mol. The summed E-state index contributed by atoms with van der Waals surface area (Å²) in [6.07, 6.45) is 1.86. The topological polar surface area (TPSA) is 35.2 Å². The van der Waals surface area contributed by atoms with E-state index in [0.717, 1.165) is 18.6 Å². The quantitative estimate of drug-likeness (QED) is 0.567. The van der Waals surface area contributed by atoms with Crippen molar-refractivity contribution in [2.75, 3.05) is 13.2 Å². The Bertz CT molecular complexity index is 81.0. The molecule has 54 valence electrons. The molecule has 0 fully saturated rings. The summed E-state index contributed by atoms with van der Waals surface area (Å²) in [4.78, 5) is 0. The molecule has 0 spiro atoms.